The Balaban J connectivity index is 0.000000181. The minimum absolute atomic E-state index is 0.122. The molecule has 2 saturated carbocycles. The molecule has 2 aliphatic carbocycles. The predicted molar refractivity (Wildman–Crippen MR) is 275 cm³/mol. The molecular formula is C56H70BClN2O3P. The number of aromatic nitrogens is 2. The lowest BCUT2D eigenvalue weighted by atomic mass is 9.99. The SMILES string of the molecule is CC(C)CO[B]O.CC(C)Cc1cccc(-c2ccccc2)n1.COc1cccc(C)c1-c1ccccc1P(C1CCCCC1)C1CCCCC1.Clc1cccc(-c2ccccc2)n1. The first-order chi connectivity index (χ1) is 31.2. The molecule has 5 nitrogen and oxygen atoms in total. The Labute approximate surface area is 392 Å². The molecule has 0 aliphatic heterocycles. The van der Waals surface area contributed by atoms with Gasteiger partial charge in [0.15, 0.2) is 0 Å². The number of hydrogen-bond donors (Lipinski definition) is 1. The van der Waals surface area contributed by atoms with E-state index in [9.17, 15) is 0 Å². The third-order valence-corrected chi connectivity index (χ3v) is 15.4. The van der Waals surface area contributed by atoms with Crippen LogP contribution in [-0.2, 0) is 11.1 Å². The lowest BCUT2D eigenvalue weighted by molar-refractivity contribution is 0.246. The van der Waals surface area contributed by atoms with Gasteiger partial charge in [0.1, 0.15) is 10.9 Å². The predicted octanol–water partition coefficient (Wildman–Crippen LogP) is 15.0. The zero-order chi connectivity index (χ0) is 45.5. The summed E-state index contributed by atoms with van der Waals surface area (Å²) in [6.07, 6.45) is 15.5. The van der Waals surface area contributed by atoms with Crippen molar-refractivity contribution in [3.8, 4) is 39.4 Å². The molecule has 0 unspecified atom stereocenters. The maximum Gasteiger partial charge on any atom is 0.485 e. The van der Waals surface area contributed by atoms with Gasteiger partial charge >= 0.3 is 7.69 Å². The van der Waals surface area contributed by atoms with E-state index in [1.807, 2.05) is 81.6 Å². The highest BCUT2D eigenvalue weighted by molar-refractivity contribution is 7.67. The Bertz CT molecular complexity index is 2190. The highest BCUT2D eigenvalue weighted by Crippen LogP contribution is 2.56. The second kappa shape index (κ2) is 27.9. The normalized spacial score (nSPS) is 14.1. The Hall–Kier alpha value is -4.32. The van der Waals surface area contributed by atoms with Crippen LogP contribution in [-0.4, -0.2) is 47.7 Å². The van der Waals surface area contributed by atoms with Crippen molar-refractivity contribution in [1.29, 1.82) is 0 Å². The molecule has 2 fully saturated rings. The molecule has 8 heteroatoms. The first kappa shape index (κ1) is 50.7. The fraction of sp³-hybridized carbons (Fsp3) is 0.393. The summed E-state index contributed by atoms with van der Waals surface area (Å²) >= 11 is 5.78. The lowest BCUT2D eigenvalue weighted by Crippen LogP contribution is -2.27. The van der Waals surface area contributed by atoms with Crippen LogP contribution in [0.25, 0.3) is 33.6 Å². The number of ether oxygens (including phenoxy) is 1. The molecule has 337 valence electrons. The van der Waals surface area contributed by atoms with Gasteiger partial charge in [0.05, 0.1) is 18.5 Å². The molecule has 1 radical (unpaired) electrons. The summed E-state index contributed by atoms with van der Waals surface area (Å²) in [4.78, 5) is 8.89. The third-order valence-electron chi connectivity index (χ3n) is 11.6. The monoisotopic (exact) mass is 895 g/mol. The fourth-order valence-electron chi connectivity index (χ4n) is 8.67. The van der Waals surface area contributed by atoms with Gasteiger partial charge in [-0.2, -0.15) is 0 Å². The molecule has 0 atom stereocenters. The van der Waals surface area contributed by atoms with Gasteiger partial charge in [-0.1, -0.05) is 195 Å². The lowest BCUT2D eigenvalue weighted by Gasteiger charge is -2.39. The number of nitrogens with zero attached hydrogens (tertiary/aromatic N) is 2. The smallest absolute Gasteiger partial charge is 0.485 e. The molecule has 64 heavy (non-hydrogen) atoms. The molecule has 0 bridgehead atoms. The molecule has 0 amide bonds. The fourth-order valence-corrected chi connectivity index (χ4v) is 12.8. The first-order valence-electron chi connectivity index (χ1n) is 23.5. The van der Waals surface area contributed by atoms with Gasteiger partial charge in [-0.05, 0) is 109 Å². The average Bonchev–Trinajstić information content (AvgIpc) is 3.33. The molecule has 0 saturated heterocycles. The van der Waals surface area contributed by atoms with E-state index in [2.05, 4.69) is 108 Å². The van der Waals surface area contributed by atoms with E-state index in [1.165, 1.54) is 92.2 Å². The van der Waals surface area contributed by atoms with Gasteiger partial charge in [-0.3, -0.25) is 4.98 Å². The summed E-state index contributed by atoms with van der Waals surface area (Å²) in [7, 11) is 2.41. The van der Waals surface area contributed by atoms with Crippen LogP contribution in [0.3, 0.4) is 0 Å². The van der Waals surface area contributed by atoms with Gasteiger partial charge in [0.2, 0.25) is 0 Å². The van der Waals surface area contributed by atoms with Gasteiger partial charge in [0.25, 0.3) is 0 Å². The summed E-state index contributed by atoms with van der Waals surface area (Å²) < 4.78 is 10.3. The average molecular weight is 896 g/mol. The maximum atomic E-state index is 7.97. The van der Waals surface area contributed by atoms with Crippen LogP contribution in [0.5, 0.6) is 5.75 Å². The minimum Gasteiger partial charge on any atom is -0.496 e. The van der Waals surface area contributed by atoms with Gasteiger partial charge in [-0.25, -0.2) is 4.98 Å². The van der Waals surface area contributed by atoms with Crippen LogP contribution >= 0.6 is 19.5 Å². The van der Waals surface area contributed by atoms with Crippen LogP contribution in [0.15, 0.2) is 140 Å². The second-order valence-corrected chi connectivity index (χ2v) is 20.8. The molecule has 2 aromatic heterocycles. The largest absolute Gasteiger partial charge is 0.496 e. The van der Waals surface area contributed by atoms with Crippen molar-refractivity contribution >= 4 is 32.5 Å². The van der Waals surface area contributed by atoms with E-state index in [4.69, 9.17) is 21.4 Å². The Kier molecular flexibility index (Phi) is 22.1. The van der Waals surface area contributed by atoms with Crippen molar-refractivity contribution in [2.24, 2.45) is 11.8 Å². The van der Waals surface area contributed by atoms with Crippen LogP contribution in [0.1, 0.15) is 103 Å². The zero-order valence-electron chi connectivity index (χ0n) is 39.1. The molecule has 6 aromatic rings. The number of pyridine rings is 2. The Morgan fingerprint density at radius 2 is 1.16 bits per heavy atom. The Morgan fingerprint density at radius 1 is 0.625 bits per heavy atom. The van der Waals surface area contributed by atoms with Crippen LogP contribution < -0.4 is 10.0 Å². The number of aryl methyl sites for hydroxylation is 1. The zero-order valence-corrected chi connectivity index (χ0v) is 40.8. The summed E-state index contributed by atoms with van der Waals surface area (Å²) in [6, 6.07) is 48.0. The van der Waals surface area contributed by atoms with Crippen molar-refractivity contribution in [1.82, 2.24) is 9.97 Å². The van der Waals surface area contributed by atoms with Crippen molar-refractivity contribution in [2.45, 2.75) is 117 Å². The van der Waals surface area contributed by atoms with Crippen LogP contribution in [0.2, 0.25) is 5.15 Å². The first-order valence-corrected chi connectivity index (χ1v) is 25.3. The van der Waals surface area contributed by atoms with E-state index in [-0.39, 0.29) is 7.92 Å². The van der Waals surface area contributed by atoms with E-state index < -0.39 is 0 Å². The number of rotatable bonds is 12. The van der Waals surface area contributed by atoms with Crippen molar-refractivity contribution in [2.75, 3.05) is 13.7 Å². The molecular weight excluding hydrogens is 826 g/mol. The summed E-state index contributed by atoms with van der Waals surface area (Å²) in [5.74, 6) is 2.16. The van der Waals surface area contributed by atoms with E-state index in [0.29, 0.717) is 23.6 Å². The second-order valence-electron chi connectivity index (χ2n) is 17.7. The van der Waals surface area contributed by atoms with Gasteiger partial charge in [-0.15, -0.1) is 0 Å². The Morgan fingerprint density at radius 3 is 1.67 bits per heavy atom. The quantitative estimate of drug-likeness (QED) is 0.0753. The van der Waals surface area contributed by atoms with E-state index in [0.717, 1.165) is 48.1 Å². The molecule has 8 rings (SSSR count). The standard InChI is InChI=1S/C26H35OP.C15H17N.C11H8ClN.C4H10BO2/c1-20-12-11-18-24(27-2)26(20)23-17-9-10-19-25(23)28(21-13-5-3-6-14-21)22-15-7-4-8-16-22;1-12(2)11-14-9-6-10-15(16-14)13-7-4-3-5-8-13;12-11-8-4-7-10(13-11)9-5-2-1-3-6-9;1-4(2)3-7-5-6/h9-12,17-19,21-22H,3-8,13-16H2,1-2H3;3-10,12H,11H2,1-2H3;1-8H;4,6H,3H2,1-2H3. The molecule has 1 N–H and O–H groups in total. The van der Waals surface area contributed by atoms with Gasteiger partial charge < -0.3 is 14.4 Å². The number of benzene rings is 4. The third kappa shape index (κ3) is 16.3. The summed E-state index contributed by atoms with van der Waals surface area (Å²) in [5, 5.41) is 10.2. The highest BCUT2D eigenvalue weighted by Gasteiger charge is 2.34. The summed E-state index contributed by atoms with van der Waals surface area (Å²) in [6.45, 7) is 11.3. The van der Waals surface area contributed by atoms with Crippen molar-refractivity contribution in [3.05, 3.63) is 156 Å². The van der Waals surface area contributed by atoms with Crippen LogP contribution in [0.4, 0.5) is 0 Å². The number of halogens is 1. The maximum absolute atomic E-state index is 7.97. The summed E-state index contributed by atoms with van der Waals surface area (Å²) in [5.41, 5.74) is 11.4. The number of hydrogen-bond acceptors (Lipinski definition) is 5. The van der Waals surface area contributed by atoms with Crippen molar-refractivity contribution in [3.63, 3.8) is 0 Å². The van der Waals surface area contributed by atoms with E-state index >= 15 is 0 Å². The molecule has 2 heterocycles. The highest BCUT2D eigenvalue weighted by atomic mass is 35.5. The molecule has 0 spiro atoms. The van der Waals surface area contributed by atoms with Crippen LogP contribution in [0, 0.1) is 18.8 Å². The molecule has 2 aliphatic rings. The topological polar surface area (TPSA) is 64.5 Å². The van der Waals surface area contributed by atoms with E-state index in [1.54, 1.807) is 11.4 Å². The van der Waals surface area contributed by atoms with Crippen molar-refractivity contribution < 1.29 is 14.4 Å². The molecule has 4 aromatic carbocycles. The minimum atomic E-state index is -0.122. The number of methoxy groups -OCH3 is 1. The van der Waals surface area contributed by atoms with Gasteiger partial charge in [0, 0.05) is 29.0 Å².